The van der Waals surface area contributed by atoms with Crippen LogP contribution in [0.5, 0.6) is 5.75 Å². The summed E-state index contributed by atoms with van der Waals surface area (Å²) in [6, 6.07) is 4.82. The predicted molar refractivity (Wildman–Crippen MR) is 71.1 cm³/mol. The highest BCUT2D eigenvalue weighted by Gasteiger charge is 2.11. The van der Waals surface area contributed by atoms with Crippen molar-refractivity contribution in [3.63, 3.8) is 0 Å². The van der Waals surface area contributed by atoms with Gasteiger partial charge < -0.3 is 10.4 Å². The van der Waals surface area contributed by atoms with Gasteiger partial charge in [-0.25, -0.2) is 0 Å². The maximum atomic E-state index is 11.7. The lowest BCUT2D eigenvalue weighted by atomic mass is 10.1. The second-order valence-electron chi connectivity index (χ2n) is 3.63. The van der Waals surface area contributed by atoms with Crippen LogP contribution in [0.25, 0.3) is 0 Å². The van der Waals surface area contributed by atoms with Crippen molar-refractivity contribution >= 4 is 37.8 Å². The first-order valence-corrected chi connectivity index (χ1v) is 6.78. The Labute approximate surface area is 111 Å². The summed E-state index contributed by atoms with van der Waals surface area (Å²) in [5.41, 5.74) is 0.296. The van der Waals surface area contributed by atoms with Crippen molar-refractivity contribution in [2.45, 2.75) is 6.92 Å². The molecular formula is C11H13Br2NO2. The molecule has 1 unspecified atom stereocenters. The summed E-state index contributed by atoms with van der Waals surface area (Å²) in [5.74, 6) is 0.0951. The molecule has 3 nitrogen and oxygen atoms in total. The van der Waals surface area contributed by atoms with Crippen LogP contribution in [0.15, 0.2) is 22.7 Å². The number of carbonyl (C=O) groups excluding carboxylic acids is 1. The third kappa shape index (κ3) is 3.79. The van der Waals surface area contributed by atoms with E-state index in [-0.39, 0.29) is 11.7 Å². The molecule has 1 aromatic carbocycles. The number of nitrogens with one attached hydrogen (secondary N) is 1. The molecule has 5 heteroatoms. The van der Waals surface area contributed by atoms with Gasteiger partial charge in [-0.2, -0.15) is 0 Å². The van der Waals surface area contributed by atoms with Gasteiger partial charge in [-0.05, 0) is 24.1 Å². The van der Waals surface area contributed by atoms with Crippen LogP contribution in [0.3, 0.4) is 0 Å². The Kier molecular flexibility index (Phi) is 5.28. The van der Waals surface area contributed by atoms with Gasteiger partial charge in [0.2, 0.25) is 0 Å². The highest BCUT2D eigenvalue weighted by atomic mass is 79.9. The first-order valence-electron chi connectivity index (χ1n) is 4.87. The number of aromatic hydroxyl groups is 1. The van der Waals surface area contributed by atoms with E-state index < -0.39 is 0 Å². The van der Waals surface area contributed by atoms with Crippen molar-refractivity contribution < 1.29 is 9.90 Å². The molecule has 0 saturated heterocycles. The molecule has 0 fully saturated rings. The number of benzene rings is 1. The van der Waals surface area contributed by atoms with Crippen molar-refractivity contribution in [3.05, 3.63) is 28.2 Å². The number of alkyl halides is 1. The summed E-state index contributed by atoms with van der Waals surface area (Å²) in [6.07, 6.45) is 0. The Morgan fingerprint density at radius 2 is 2.25 bits per heavy atom. The maximum absolute atomic E-state index is 11.7. The molecule has 88 valence electrons. The number of carbonyl (C=O) groups is 1. The fourth-order valence-electron chi connectivity index (χ4n) is 1.11. The highest BCUT2D eigenvalue weighted by molar-refractivity contribution is 9.10. The smallest absolute Gasteiger partial charge is 0.255 e. The number of hydrogen-bond donors (Lipinski definition) is 2. The molecule has 0 bridgehead atoms. The van der Waals surface area contributed by atoms with E-state index in [2.05, 4.69) is 37.2 Å². The molecule has 2 N–H and O–H groups in total. The zero-order valence-electron chi connectivity index (χ0n) is 8.84. The Bertz CT molecular complexity index is 382. The van der Waals surface area contributed by atoms with E-state index in [4.69, 9.17) is 0 Å². The average molecular weight is 351 g/mol. The van der Waals surface area contributed by atoms with Gasteiger partial charge in [0.1, 0.15) is 5.75 Å². The molecule has 0 heterocycles. The molecule has 0 spiro atoms. The van der Waals surface area contributed by atoms with E-state index >= 15 is 0 Å². The van der Waals surface area contributed by atoms with Crippen molar-refractivity contribution in [1.82, 2.24) is 5.32 Å². The van der Waals surface area contributed by atoms with Gasteiger partial charge in [-0.3, -0.25) is 4.79 Å². The number of hydrogen-bond acceptors (Lipinski definition) is 2. The molecule has 0 saturated carbocycles. The SMILES string of the molecule is CC(CBr)CNC(=O)c1ccc(Br)cc1O. The van der Waals surface area contributed by atoms with Crippen LogP contribution in [0.1, 0.15) is 17.3 Å². The van der Waals surface area contributed by atoms with Crippen molar-refractivity contribution in [3.8, 4) is 5.75 Å². The van der Waals surface area contributed by atoms with Gasteiger partial charge in [0.05, 0.1) is 5.56 Å². The fraction of sp³-hybridized carbons (Fsp3) is 0.364. The summed E-state index contributed by atoms with van der Waals surface area (Å²) in [7, 11) is 0. The number of phenolic OH excluding ortho intramolecular Hbond substituents is 1. The van der Waals surface area contributed by atoms with Gasteiger partial charge in [0.15, 0.2) is 0 Å². The van der Waals surface area contributed by atoms with E-state index in [0.717, 1.165) is 9.80 Å². The third-order valence-corrected chi connectivity index (χ3v) is 3.68. The highest BCUT2D eigenvalue weighted by Crippen LogP contribution is 2.22. The molecule has 0 aliphatic rings. The Hall–Kier alpha value is -0.550. The standard InChI is InChI=1S/C11H13Br2NO2/c1-7(5-12)6-14-11(16)9-3-2-8(13)4-10(9)15/h2-4,7,15H,5-6H2,1H3,(H,14,16). The van der Waals surface area contributed by atoms with Crippen LogP contribution in [0.2, 0.25) is 0 Å². The molecule has 0 aliphatic carbocycles. The average Bonchev–Trinajstić information content (AvgIpc) is 2.25. The van der Waals surface area contributed by atoms with Crippen LogP contribution in [-0.4, -0.2) is 22.9 Å². The molecule has 1 rings (SSSR count). The minimum absolute atomic E-state index is 0.0154. The second kappa shape index (κ2) is 6.25. The molecule has 16 heavy (non-hydrogen) atoms. The summed E-state index contributed by atoms with van der Waals surface area (Å²) in [4.78, 5) is 11.7. The van der Waals surface area contributed by atoms with Crippen molar-refractivity contribution in [2.24, 2.45) is 5.92 Å². The monoisotopic (exact) mass is 349 g/mol. The van der Waals surface area contributed by atoms with Crippen LogP contribution in [-0.2, 0) is 0 Å². The summed E-state index contributed by atoms with van der Waals surface area (Å²) in [6.45, 7) is 2.61. The van der Waals surface area contributed by atoms with E-state index in [9.17, 15) is 9.90 Å². The van der Waals surface area contributed by atoms with Gasteiger partial charge >= 0.3 is 0 Å². The molecule has 0 aromatic heterocycles. The van der Waals surface area contributed by atoms with Gasteiger partial charge in [-0.15, -0.1) is 0 Å². The van der Waals surface area contributed by atoms with E-state index in [1.807, 2.05) is 6.92 Å². The van der Waals surface area contributed by atoms with Gasteiger partial charge in [-0.1, -0.05) is 38.8 Å². The molecular weight excluding hydrogens is 338 g/mol. The number of phenols is 1. The van der Waals surface area contributed by atoms with Crippen molar-refractivity contribution in [1.29, 1.82) is 0 Å². The normalized spacial score (nSPS) is 12.2. The zero-order chi connectivity index (χ0) is 12.1. The minimum atomic E-state index is -0.252. The predicted octanol–water partition coefficient (Wildman–Crippen LogP) is 2.92. The summed E-state index contributed by atoms with van der Waals surface area (Å²) >= 11 is 6.56. The number of halogens is 2. The van der Waals surface area contributed by atoms with E-state index in [1.54, 1.807) is 12.1 Å². The third-order valence-electron chi connectivity index (χ3n) is 2.08. The fourth-order valence-corrected chi connectivity index (χ4v) is 1.69. The Morgan fingerprint density at radius 3 is 2.81 bits per heavy atom. The largest absolute Gasteiger partial charge is 0.507 e. The van der Waals surface area contributed by atoms with Gasteiger partial charge in [0, 0.05) is 16.3 Å². The Balaban J connectivity index is 2.66. The lowest BCUT2D eigenvalue weighted by molar-refractivity contribution is 0.0946. The van der Waals surface area contributed by atoms with Crippen LogP contribution in [0, 0.1) is 5.92 Å². The summed E-state index contributed by atoms with van der Waals surface area (Å²) < 4.78 is 0.746. The molecule has 1 atom stereocenters. The first kappa shape index (κ1) is 13.5. The maximum Gasteiger partial charge on any atom is 0.255 e. The minimum Gasteiger partial charge on any atom is -0.507 e. The number of rotatable bonds is 4. The Morgan fingerprint density at radius 1 is 1.56 bits per heavy atom. The molecule has 0 radical (unpaired) electrons. The zero-order valence-corrected chi connectivity index (χ0v) is 12.0. The quantitative estimate of drug-likeness (QED) is 0.820. The molecule has 0 aliphatic heterocycles. The lowest BCUT2D eigenvalue weighted by Crippen LogP contribution is -2.28. The van der Waals surface area contributed by atoms with E-state index in [1.165, 1.54) is 6.07 Å². The van der Waals surface area contributed by atoms with Gasteiger partial charge in [0.25, 0.3) is 5.91 Å². The summed E-state index contributed by atoms with van der Waals surface area (Å²) in [5, 5.41) is 13.2. The van der Waals surface area contributed by atoms with Crippen molar-refractivity contribution in [2.75, 3.05) is 11.9 Å². The molecule has 1 amide bonds. The first-order chi connectivity index (χ1) is 7.54. The number of amides is 1. The lowest BCUT2D eigenvalue weighted by Gasteiger charge is -2.10. The second-order valence-corrected chi connectivity index (χ2v) is 5.19. The van der Waals surface area contributed by atoms with Crippen LogP contribution < -0.4 is 5.32 Å². The van der Waals surface area contributed by atoms with E-state index in [0.29, 0.717) is 18.0 Å². The molecule has 1 aromatic rings. The van der Waals surface area contributed by atoms with Crippen LogP contribution in [0.4, 0.5) is 0 Å². The van der Waals surface area contributed by atoms with Crippen LogP contribution >= 0.6 is 31.9 Å². The topological polar surface area (TPSA) is 49.3 Å².